The summed E-state index contributed by atoms with van der Waals surface area (Å²) in [5.41, 5.74) is 1.87. The van der Waals surface area contributed by atoms with Gasteiger partial charge in [0, 0.05) is 0 Å². The lowest BCUT2D eigenvalue weighted by molar-refractivity contribution is 0.0400. The van der Waals surface area contributed by atoms with Gasteiger partial charge in [0.25, 0.3) is 0 Å². The molecule has 0 aromatic heterocycles. The van der Waals surface area contributed by atoms with Gasteiger partial charge in [-0.05, 0) is 53.2 Å². The Balaban J connectivity index is 4.52. The Bertz CT molecular complexity index is 205. The van der Waals surface area contributed by atoms with Crippen molar-refractivity contribution < 1.29 is 8.85 Å². The second-order valence-corrected chi connectivity index (χ2v) is 8.05. The lowest BCUT2D eigenvalue weighted by atomic mass is 10.2. The first-order valence-electron chi connectivity index (χ1n) is 6.03. The van der Waals surface area contributed by atoms with Crippen molar-refractivity contribution in [1.29, 1.82) is 0 Å². The zero-order valence-electron chi connectivity index (χ0n) is 12.1. The summed E-state index contributed by atoms with van der Waals surface area (Å²) in [6.07, 6.45) is 2.17. The molecule has 0 aliphatic rings. The van der Waals surface area contributed by atoms with Crippen LogP contribution in [0, 0.1) is 5.92 Å². The highest BCUT2D eigenvalue weighted by Crippen LogP contribution is 2.16. The van der Waals surface area contributed by atoms with Gasteiger partial charge in [-0.1, -0.05) is 19.9 Å². The average Bonchev–Trinajstić information content (AvgIpc) is 1.93. The third-order valence-corrected chi connectivity index (χ3v) is 4.01. The van der Waals surface area contributed by atoms with Crippen molar-refractivity contribution in [3.8, 4) is 0 Å². The van der Waals surface area contributed by atoms with E-state index in [4.69, 9.17) is 8.85 Å². The summed E-state index contributed by atoms with van der Waals surface area (Å²) in [4.78, 5) is 0. The van der Waals surface area contributed by atoms with Crippen LogP contribution in [-0.2, 0) is 8.85 Å². The minimum Gasteiger partial charge on any atom is -0.389 e. The smallest absolute Gasteiger partial charge is 0.348 e. The van der Waals surface area contributed by atoms with Crippen LogP contribution in [0.1, 0.15) is 55.4 Å². The lowest BCUT2D eigenvalue weighted by Crippen LogP contribution is -2.37. The van der Waals surface area contributed by atoms with Gasteiger partial charge in [-0.2, -0.15) is 0 Å². The number of hydrogen-bond donors (Lipinski definition) is 0. The van der Waals surface area contributed by atoms with Crippen LogP contribution in [-0.4, -0.2) is 20.5 Å². The van der Waals surface area contributed by atoms with Gasteiger partial charge in [-0.25, -0.2) is 0 Å². The number of allylic oxidation sites excluding steroid dienone is 1. The van der Waals surface area contributed by atoms with Gasteiger partial charge in [-0.3, -0.25) is 0 Å². The molecule has 96 valence electrons. The Morgan fingerprint density at radius 1 is 0.875 bits per heavy atom. The van der Waals surface area contributed by atoms with Gasteiger partial charge in [0.05, 0.1) is 11.2 Å². The van der Waals surface area contributed by atoms with Gasteiger partial charge in [0.1, 0.15) is 0 Å². The van der Waals surface area contributed by atoms with E-state index in [1.54, 1.807) is 0 Å². The van der Waals surface area contributed by atoms with Crippen molar-refractivity contribution in [3.05, 3.63) is 11.8 Å². The molecule has 0 aromatic rings. The fourth-order valence-corrected chi connectivity index (χ4v) is 3.34. The van der Waals surface area contributed by atoms with E-state index in [0.29, 0.717) is 5.92 Å². The Morgan fingerprint density at radius 3 is 1.50 bits per heavy atom. The van der Waals surface area contributed by atoms with E-state index >= 15 is 0 Å². The van der Waals surface area contributed by atoms with Gasteiger partial charge >= 0.3 is 9.28 Å². The highest BCUT2D eigenvalue weighted by atomic mass is 28.3. The van der Waals surface area contributed by atoms with Crippen molar-refractivity contribution in [2.24, 2.45) is 5.92 Å². The van der Waals surface area contributed by atoms with Crippen LogP contribution < -0.4 is 0 Å². The molecule has 0 saturated heterocycles. The highest BCUT2D eigenvalue weighted by molar-refractivity contribution is 6.50. The zero-order valence-corrected chi connectivity index (χ0v) is 13.3. The lowest BCUT2D eigenvalue weighted by Gasteiger charge is -2.30. The average molecular weight is 244 g/mol. The van der Waals surface area contributed by atoms with Crippen LogP contribution in [0.2, 0.25) is 0 Å². The van der Waals surface area contributed by atoms with Crippen molar-refractivity contribution >= 4 is 9.28 Å². The highest BCUT2D eigenvalue weighted by Gasteiger charge is 2.24. The Kier molecular flexibility index (Phi) is 5.94. The fourth-order valence-electron chi connectivity index (χ4n) is 1.11. The molecule has 0 bridgehead atoms. The second-order valence-electron chi connectivity index (χ2n) is 6.46. The van der Waals surface area contributed by atoms with Gasteiger partial charge < -0.3 is 8.85 Å². The summed E-state index contributed by atoms with van der Waals surface area (Å²) < 4.78 is 12.0. The Labute approximate surface area is 103 Å². The van der Waals surface area contributed by atoms with Crippen molar-refractivity contribution in [3.63, 3.8) is 0 Å². The minimum atomic E-state index is -1.72. The molecular formula is C13H28O2Si. The molecule has 0 unspecified atom stereocenters. The topological polar surface area (TPSA) is 18.5 Å². The molecule has 0 N–H and O–H groups in total. The first kappa shape index (κ1) is 15.9. The SMILES string of the molecule is CC(C)C=C[SiH](OC(C)(C)C)OC(C)(C)C. The van der Waals surface area contributed by atoms with Crippen LogP contribution in [0.3, 0.4) is 0 Å². The third kappa shape index (κ3) is 10.4. The molecule has 0 aromatic carbocycles. The largest absolute Gasteiger partial charge is 0.389 e. The molecule has 0 rings (SSSR count). The standard InChI is InChI=1S/C13H28O2Si/c1-11(2)9-10-16(14-12(3,4)5)15-13(6,7)8/h9-11,16H,1-8H3. The van der Waals surface area contributed by atoms with Crippen LogP contribution in [0.15, 0.2) is 11.8 Å². The first-order chi connectivity index (χ1) is 6.99. The van der Waals surface area contributed by atoms with Crippen LogP contribution >= 0.6 is 0 Å². The van der Waals surface area contributed by atoms with Gasteiger partial charge in [-0.15, -0.1) is 0 Å². The summed E-state index contributed by atoms with van der Waals surface area (Å²) >= 11 is 0. The molecule has 16 heavy (non-hydrogen) atoms. The number of rotatable bonds is 4. The molecule has 0 saturated carbocycles. The maximum absolute atomic E-state index is 5.99. The van der Waals surface area contributed by atoms with Crippen molar-refractivity contribution in [2.75, 3.05) is 0 Å². The molecule has 0 atom stereocenters. The van der Waals surface area contributed by atoms with E-state index < -0.39 is 9.28 Å². The molecule has 3 heteroatoms. The molecule has 2 nitrogen and oxygen atoms in total. The summed E-state index contributed by atoms with van der Waals surface area (Å²) in [6.45, 7) is 16.8. The van der Waals surface area contributed by atoms with Crippen molar-refractivity contribution in [2.45, 2.75) is 66.6 Å². The summed E-state index contributed by atoms with van der Waals surface area (Å²) in [5.74, 6) is 0.544. The Morgan fingerprint density at radius 2 is 1.25 bits per heavy atom. The molecule has 0 amide bonds. The zero-order chi connectivity index (χ0) is 13.0. The van der Waals surface area contributed by atoms with Crippen LogP contribution in [0.5, 0.6) is 0 Å². The van der Waals surface area contributed by atoms with E-state index in [0.717, 1.165) is 0 Å². The summed E-state index contributed by atoms with van der Waals surface area (Å²) in [6, 6.07) is 0. The summed E-state index contributed by atoms with van der Waals surface area (Å²) in [7, 11) is -1.72. The molecule has 0 heterocycles. The fraction of sp³-hybridized carbons (Fsp3) is 0.846. The molecule has 0 aliphatic heterocycles. The monoisotopic (exact) mass is 244 g/mol. The van der Waals surface area contributed by atoms with Gasteiger partial charge in [0.15, 0.2) is 0 Å². The molecule has 0 radical (unpaired) electrons. The predicted octanol–water partition coefficient (Wildman–Crippen LogP) is 3.59. The normalized spacial score (nSPS) is 14.4. The number of hydrogen-bond acceptors (Lipinski definition) is 2. The van der Waals surface area contributed by atoms with E-state index in [1.807, 2.05) is 0 Å². The first-order valence-corrected chi connectivity index (χ1v) is 7.64. The molecular weight excluding hydrogens is 216 g/mol. The quantitative estimate of drug-likeness (QED) is 0.704. The van der Waals surface area contributed by atoms with Crippen molar-refractivity contribution in [1.82, 2.24) is 0 Å². The summed E-state index contributed by atoms with van der Waals surface area (Å²) in [5, 5.41) is 0. The van der Waals surface area contributed by atoms with E-state index in [-0.39, 0.29) is 11.2 Å². The minimum absolute atomic E-state index is 0.135. The maximum Gasteiger partial charge on any atom is 0.348 e. The van der Waals surface area contributed by atoms with Gasteiger partial charge in [0.2, 0.25) is 0 Å². The molecule has 0 fully saturated rings. The predicted molar refractivity (Wildman–Crippen MR) is 72.8 cm³/mol. The Hall–Kier alpha value is -0.123. The van der Waals surface area contributed by atoms with Crippen LogP contribution in [0.4, 0.5) is 0 Å². The van der Waals surface area contributed by atoms with Crippen LogP contribution in [0.25, 0.3) is 0 Å². The van der Waals surface area contributed by atoms with E-state index in [9.17, 15) is 0 Å². The van der Waals surface area contributed by atoms with E-state index in [1.165, 1.54) is 0 Å². The molecule has 0 aliphatic carbocycles. The third-order valence-electron chi connectivity index (χ3n) is 1.59. The maximum atomic E-state index is 5.99. The second kappa shape index (κ2) is 5.99. The molecule has 0 spiro atoms. The van der Waals surface area contributed by atoms with E-state index in [2.05, 4.69) is 67.2 Å².